The van der Waals surface area contributed by atoms with E-state index in [0.717, 1.165) is 37.5 Å². The van der Waals surface area contributed by atoms with E-state index in [2.05, 4.69) is 0 Å². The Kier molecular flexibility index (Phi) is 4.23. The van der Waals surface area contributed by atoms with Crippen molar-refractivity contribution in [3.05, 3.63) is 35.9 Å². The van der Waals surface area contributed by atoms with Gasteiger partial charge in [0.2, 0.25) is 0 Å². The molecule has 1 saturated heterocycles. The predicted molar refractivity (Wildman–Crippen MR) is 78.7 cm³/mol. The van der Waals surface area contributed by atoms with Crippen LogP contribution in [0.2, 0.25) is 0 Å². The van der Waals surface area contributed by atoms with Crippen molar-refractivity contribution in [1.29, 1.82) is 0 Å². The monoisotopic (exact) mass is 287 g/mol. The van der Waals surface area contributed by atoms with E-state index in [-0.39, 0.29) is 24.8 Å². The quantitative estimate of drug-likeness (QED) is 0.802. The Morgan fingerprint density at radius 2 is 2.00 bits per heavy atom. The number of likely N-dealkylation sites (tertiary alicyclic amines) is 1. The van der Waals surface area contributed by atoms with Gasteiger partial charge in [0.1, 0.15) is 12.9 Å². The lowest BCUT2D eigenvalue weighted by Crippen LogP contribution is -2.44. The van der Waals surface area contributed by atoms with Gasteiger partial charge in [-0.25, -0.2) is 4.79 Å². The summed E-state index contributed by atoms with van der Waals surface area (Å²) in [5.41, 5.74) is 0.966. The summed E-state index contributed by atoms with van der Waals surface area (Å²) in [6.45, 7) is 0.263. The second-order valence-corrected chi connectivity index (χ2v) is 6.00. The fourth-order valence-electron chi connectivity index (χ4n) is 3.68. The summed E-state index contributed by atoms with van der Waals surface area (Å²) in [6, 6.07) is 9.52. The van der Waals surface area contributed by atoms with Crippen LogP contribution in [0.25, 0.3) is 0 Å². The van der Waals surface area contributed by atoms with Crippen LogP contribution in [0.15, 0.2) is 30.3 Å². The number of carbonyl (C=O) groups is 2. The Morgan fingerprint density at radius 1 is 1.24 bits per heavy atom. The summed E-state index contributed by atoms with van der Waals surface area (Å²) in [6.07, 6.45) is 5.82. The molecule has 0 radical (unpaired) electrons. The van der Waals surface area contributed by atoms with E-state index < -0.39 is 0 Å². The molecule has 1 amide bonds. The van der Waals surface area contributed by atoms with Gasteiger partial charge in [0.25, 0.3) is 0 Å². The Morgan fingerprint density at radius 3 is 2.76 bits per heavy atom. The molecular formula is C17H21NO3. The molecule has 21 heavy (non-hydrogen) atoms. The fourth-order valence-corrected chi connectivity index (χ4v) is 3.68. The number of aldehydes is 1. The molecule has 1 saturated carbocycles. The first-order valence-corrected chi connectivity index (χ1v) is 7.74. The predicted octanol–water partition coefficient (Wildman–Crippen LogP) is 3.16. The van der Waals surface area contributed by atoms with Crippen molar-refractivity contribution in [2.75, 3.05) is 0 Å². The Bertz CT molecular complexity index is 502. The number of nitrogens with zero attached hydrogens (tertiary/aromatic N) is 1. The number of fused-ring (bicyclic) bond motifs is 1. The van der Waals surface area contributed by atoms with Gasteiger partial charge in [0, 0.05) is 6.04 Å². The topological polar surface area (TPSA) is 46.6 Å². The number of rotatable bonds is 3. The minimum Gasteiger partial charge on any atom is -0.445 e. The van der Waals surface area contributed by atoms with Crippen LogP contribution in [0.5, 0.6) is 0 Å². The molecule has 2 fully saturated rings. The molecule has 0 N–H and O–H groups in total. The number of ether oxygens (including phenoxy) is 1. The van der Waals surface area contributed by atoms with Crippen molar-refractivity contribution in [3.63, 3.8) is 0 Å². The largest absolute Gasteiger partial charge is 0.445 e. The van der Waals surface area contributed by atoms with Gasteiger partial charge in [-0.15, -0.1) is 0 Å². The third-order valence-corrected chi connectivity index (χ3v) is 4.70. The van der Waals surface area contributed by atoms with Crippen molar-refractivity contribution < 1.29 is 14.3 Å². The number of benzene rings is 1. The highest BCUT2D eigenvalue weighted by Gasteiger charge is 2.45. The van der Waals surface area contributed by atoms with Crippen molar-refractivity contribution in [3.8, 4) is 0 Å². The molecular weight excluding hydrogens is 266 g/mol. The summed E-state index contributed by atoms with van der Waals surface area (Å²) in [5, 5.41) is 0. The summed E-state index contributed by atoms with van der Waals surface area (Å²) in [4.78, 5) is 25.4. The van der Waals surface area contributed by atoms with Crippen LogP contribution in [-0.4, -0.2) is 29.4 Å². The van der Waals surface area contributed by atoms with Gasteiger partial charge in [-0.2, -0.15) is 0 Å². The Hall–Kier alpha value is -1.84. The maximum absolute atomic E-state index is 12.4. The number of amides is 1. The van der Waals surface area contributed by atoms with Gasteiger partial charge in [0.05, 0.1) is 6.04 Å². The number of carbonyl (C=O) groups excluding carboxylic acids is 2. The third kappa shape index (κ3) is 2.94. The lowest BCUT2D eigenvalue weighted by Gasteiger charge is -2.32. The molecule has 3 rings (SSSR count). The van der Waals surface area contributed by atoms with E-state index >= 15 is 0 Å². The molecule has 1 aromatic carbocycles. The summed E-state index contributed by atoms with van der Waals surface area (Å²) < 4.78 is 5.42. The van der Waals surface area contributed by atoms with Gasteiger partial charge in [-0.05, 0) is 30.7 Å². The fraction of sp³-hybridized carbons (Fsp3) is 0.529. The third-order valence-electron chi connectivity index (χ3n) is 4.70. The maximum atomic E-state index is 12.4. The van der Waals surface area contributed by atoms with Crippen LogP contribution < -0.4 is 0 Å². The highest BCUT2D eigenvalue weighted by atomic mass is 16.6. The van der Waals surface area contributed by atoms with E-state index in [0.29, 0.717) is 5.92 Å². The summed E-state index contributed by atoms with van der Waals surface area (Å²) in [7, 11) is 0. The van der Waals surface area contributed by atoms with Gasteiger partial charge >= 0.3 is 6.09 Å². The zero-order valence-electron chi connectivity index (χ0n) is 12.1. The smallest absolute Gasteiger partial charge is 0.410 e. The first-order valence-electron chi connectivity index (χ1n) is 7.74. The van der Waals surface area contributed by atoms with Crippen LogP contribution in [0.3, 0.4) is 0 Å². The second kappa shape index (κ2) is 6.29. The van der Waals surface area contributed by atoms with E-state index in [1.165, 1.54) is 6.42 Å². The normalized spacial score (nSPS) is 28.0. The lowest BCUT2D eigenvalue weighted by atomic mass is 9.85. The maximum Gasteiger partial charge on any atom is 0.410 e. The molecule has 3 atom stereocenters. The standard InChI is InChI=1S/C17H21NO3/c19-11-15-10-14-8-4-5-9-16(14)18(15)17(20)21-12-13-6-2-1-3-7-13/h1-3,6-7,11,14-16H,4-5,8-10,12H2/t14-,15+,16-/m1/s1. The minimum absolute atomic E-state index is 0.192. The van der Waals surface area contributed by atoms with Crippen molar-refractivity contribution >= 4 is 12.4 Å². The molecule has 4 nitrogen and oxygen atoms in total. The highest BCUT2D eigenvalue weighted by molar-refractivity contribution is 5.75. The van der Waals surface area contributed by atoms with Gasteiger partial charge in [0.15, 0.2) is 0 Å². The average Bonchev–Trinajstić information content (AvgIpc) is 2.92. The molecule has 0 unspecified atom stereocenters. The zero-order valence-corrected chi connectivity index (χ0v) is 12.1. The summed E-state index contributed by atoms with van der Waals surface area (Å²) in [5.74, 6) is 0.471. The first kappa shape index (κ1) is 14.1. The van der Waals surface area contributed by atoms with E-state index in [1.54, 1.807) is 4.90 Å². The van der Waals surface area contributed by atoms with E-state index in [9.17, 15) is 9.59 Å². The molecule has 1 aliphatic heterocycles. The highest BCUT2D eigenvalue weighted by Crippen LogP contribution is 2.39. The van der Waals surface area contributed by atoms with Gasteiger partial charge in [-0.3, -0.25) is 4.90 Å². The minimum atomic E-state index is -0.342. The van der Waals surface area contributed by atoms with E-state index in [1.807, 2.05) is 30.3 Å². The second-order valence-electron chi connectivity index (χ2n) is 6.00. The van der Waals surface area contributed by atoms with Crippen molar-refractivity contribution in [2.24, 2.45) is 5.92 Å². The zero-order chi connectivity index (χ0) is 14.7. The molecule has 0 spiro atoms. The van der Waals surface area contributed by atoms with Crippen molar-refractivity contribution in [1.82, 2.24) is 4.90 Å². The molecule has 4 heteroatoms. The first-order chi connectivity index (χ1) is 10.3. The lowest BCUT2D eigenvalue weighted by molar-refractivity contribution is -0.111. The van der Waals surface area contributed by atoms with E-state index in [4.69, 9.17) is 4.74 Å². The molecule has 0 aromatic heterocycles. The molecule has 1 aliphatic carbocycles. The molecule has 0 bridgehead atoms. The van der Waals surface area contributed by atoms with Crippen LogP contribution in [-0.2, 0) is 16.1 Å². The molecule has 1 heterocycles. The van der Waals surface area contributed by atoms with Crippen molar-refractivity contribution in [2.45, 2.75) is 50.8 Å². The van der Waals surface area contributed by atoms with Gasteiger partial charge in [-0.1, -0.05) is 43.2 Å². The van der Waals surface area contributed by atoms with Crippen LogP contribution in [0.1, 0.15) is 37.7 Å². The Labute approximate surface area is 125 Å². The average molecular weight is 287 g/mol. The van der Waals surface area contributed by atoms with Gasteiger partial charge < -0.3 is 9.53 Å². The SMILES string of the molecule is O=C[C@@H]1C[C@H]2CCCC[C@H]2N1C(=O)OCc1ccccc1. The number of hydrogen-bond acceptors (Lipinski definition) is 3. The molecule has 112 valence electrons. The molecule has 1 aromatic rings. The number of hydrogen-bond donors (Lipinski definition) is 0. The Balaban J connectivity index is 1.65. The molecule has 2 aliphatic rings. The summed E-state index contributed by atoms with van der Waals surface area (Å²) >= 11 is 0. The van der Waals surface area contributed by atoms with Crippen LogP contribution in [0.4, 0.5) is 4.79 Å². The van der Waals surface area contributed by atoms with Crippen LogP contribution >= 0.6 is 0 Å². The van der Waals surface area contributed by atoms with Crippen LogP contribution in [0, 0.1) is 5.92 Å².